The molecule has 1 spiro atoms. The van der Waals surface area contributed by atoms with Crippen molar-refractivity contribution in [2.45, 2.75) is 51.0 Å². The van der Waals surface area contributed by atoms with Gasteiger partial charge >= 0.3 is 0 Å². The van der Waals surface area contributed by atoms with E-state index in [-0.39, 0.29) is 5.41 Å². The van der Waals surface area contributed by atoms with Crippen LogP contribution in [0.4, 0.5) is 0 Å². The number of benzene rings is 1. The molecule has 1 aromatic carbocycles. The third kappa shape index (κ3) is 4.17. The lowest BCUT2D eigenvalue weighted by molar-refractivity contribution is 0.0351. The van der Waals surface area contributed by atoms with Crippen molar-refractivity contribution in [3.05, 3.63) is 46.2 Å². The Morgan fingerprint density at radius 3 is 2.53 bits per heavy atom. The van der Waals surface area contributed by atoms with Gasteiger partial charge in [-0.1, -0.05) is 11.6 Å². The van der Waals surface area contributed by atoms with Gasteiger partial charge in [-0.25, -0.2) is 8.42 Å². The van der Waals surface area contributed by atoms with Crippen LogP contribution in [0.3, 0.4) is 0 Å². The van der Waals surface area contributed by atoms with Crippen molar-refractivity contribution in [2.24, 2.45) is 12.5 Å². The number of aryl methyl sites for hydroxylation is 3. The highest BCUT2D eigenvalue weighted by Crippen LogP contribution is 2.41. The fourth-order valence-electron chi connectivity index (χ4n) is 5.10. The van der Waals surface area contributed by atoms with Crippen LogP contribution in [0.1, 0.15) is 42.5 Å². The molecule has 4 rings (SSSR count). The van der Waals surface area contributed by atoms with Crippen LogP contribution < -0.4 is 0 Å². The average Bonchev–Trinajstić information content (AvgIpc) is 3.09. The Bertz CT molecular complexity index is 1030. The first-order chi connectivity index (χ1) is 14.2. The maximum atomic E-state index is 13.5. The van der Waals surface area contributed by atoms with E-state index < -0.39 is 10.0 Å². The monoisotopic (exact) mass is 450 g/mol. The standard InChI is InChI=1S/C22H31ClN4O2S/c1-17-13-21(18(2)12-20(17)23)30(28,29)27-11-5-8-22(16-27)7-4-10-26(15-22)14-19-6-9-24-25(19)3/h6,9,12-13H,4-5,7-8,10-11,14-16H2,1-3H3. The second kappa shape index (κ2) is 8.26. The summed E-state index contributed by atoms with van der Waals surface area (Å²) in [5.41, 5.74) is 2.73. The van der Waals surface area contributed by atoms with Crippen molar-refractivity contribution in [1.29, 1.82) is 0 Å². The highest BCUT2D eigenvalue weighted by atomic mass is 35.5. The SMILES string of the molecule is Cc1cc(S(=O)(=O)N2CCCC3(CCCN(Cc4ccnn4C)C3)C2)c(C)cc1Cl. The van der Waals surface area contributed by atoms with E-state index in [0.717, 1.165) is 50.9 Å². The second-order valence-corrected chi connectivity index (χ2v) is 11.4. The zero-order valence-corrected chi connectivity index (χ0v) is 19.6. The van der Waals surface area contributed by atoms with Gasteiger partial charge in [0.15, 0.2) is 0 Å². The number of rotatable bonds is 4. The number of hydrogen-bond donors (Lipinski definition) is 0. The van der Waals surface area contributed by atoms with Crippen molar-refractivity contribution in [3.8, 4) is 0 Å². The summed E-state index contributed by atoms with van der Waals surface area (Å²) >= 11 is 6.20. The van der Waals surface area contributed by atoms with Gasteiger partial charge in [0, 0.05) is 44.4 Å². The fourth-order valence-corrected chi connectivity index (χ4v) is 7.20. The minimum absolute atomic E-state index is 0.0253. The summed E-state index contributed by atoms with van der Waals surface area (Å²) < 4.78 is 30.7. The van der Waals surface area contributed by atoms with E-state index >= 15 is 0 Å². The third-order valence-electron chi connectivity index (χ3n) is 6.75. The molecule has 2 saturated heterocycles. The van der Waals surface area contributed by atoms with Crippen LogP contribution in [0, 0.1) is 19.3 Å². The van der Waals surface area contributed by atoms with Crippen molar-refractivity contribution in [1.82, 2.24) is 19.0 Å². The lowest BCUT2D eigenvalue weighted by atomic mass is 9.74. The molecule has 0 aliphatic carbocycles. The zero-order valence-electron chi connectivity index (χ0n) is 18.1. The quantitative estimate of drug-likeness (QED) is 0.711. The molecule has 2 aliphatic heterocycles. The van der Waals surface area contributed by atoms with E-state index in [0.29, 0.717) is 28.6 Å². The van der Waals surface area contributed by atoms with Crippen LogP contribution in [0.25, 0.3) is 0 Å². The summed E-state index contributed by atoms with van der Waals surface area (Å²) in [7, 11) is -1.57. The molecule has 0 radical (unpaired) electrons. The Labute approximate surface area is 184 Å². The molecule has 2 aliphatic rings. The predicted octanol–water partition coefficient (Wildman–Crippen LogP) is 3.76. The van der Waals surface area contributed by atoms with E-state index in [9.17, 15) is 8.42 Å². The van der Waals surface area contributed by atoms with Crippen LogP contribution in [-0.4, -0.2) is 53.6 Å². The Hall–Kier alpha value is -1.41. The molecule has 0 N–H and O–H groups in total. The number of likely N-dealkylation sites (tertiary alicyclic amines) is 1. The fraction of sp³-hybridized carbons (Fsp3) is 0.591. The first kappa shape index (κ1) is 21.8. The van der Waals surface area contributed by atoms with Crippen LogP contribution in [0.15, 0.2) is 29.3 Å². The number of halogens is 1. The molecule has 1 aromatic heterocycles. The molecule has 2 aromatic rings. The molecule has 164 valence electrons. The van der Waals surface area contributed by atoms with Gasteiger partial charge < -0.3 is 0 Å². The van der Waals surface area contributed by atoms with E-state index in [2.05, 4.69) is 16.1 Å². The van der Waals surface area contributed by atoms with Gasteiger partial charge in [-0.3, -0.25) is 9.58 Å². The average molecular weight is 451 g/mol. The maximum Gasteiger partial charge on any atom is 0.243 e. The van der Waals surface area contributed by atoms with E-state index in [1.165, 1.54) is 5.69 Å². The molecule has 1 atom stereocenters. The number of aromatic nitrogens is 2. The van der Waals surface area contributed by atoms with Gasteiger partial charge in [0.2, 0.25) is 10.0 Å². The first-order valence-corrected chi connectivity index (χ1v) is 12.5. The Morgan fingerprint density at radius 1 is 1.10 bits per heavy atom. The van der Waals surface area contributed by atoms with Crippen LogP contribution in [0.5, 0.6) is 0 Å². The predicted molar refractivity (Wildman–Crippen MR) is 119 cm³/mol. The Balaban J connectivity index is 1.55. The summed E-state index contributed by atoms with van der Waals surface area (Å²) in [6.07, 6.45) is 6.01. The number of sulfonamides is 1. The third-order valence-corrected chi connectivity index (χ3v) is 9.14. The molecule has 2 fully saturated rings. The minimum Gasteiger partial charge on any atom is -0.297 e. The molecular weight excluding hydrogens is 420 g/mol. The summed E-state index contributed by atoms with van der Waals surface area (Å²) in [5, 5.41) is 4.89. The van der Waals surface area contributed by atoms with E-state index in [1.807, 2.05) is 31.8 Å². The molecular formula is C22H31ClN4O2S. The van der Waals surface area contributed by atoms with Crippen molar-refractivity contribution >= 4 is 21.6 Å². The van der Waals surface area contributed by atoms with Crippen molar-refractivity contribution in [3.63, 3.8) is 0 Å². The molecule has 0 amide bonds. The van der Waals surface area contributed by atoms with Crippen molar-refractivity contribution < 1.29 is 8.42 Å². The molecule has 8 heteroatoms. The van der Waals surface area contributed by atoms with E-state index in [4.69, 9.17) is 11.6 Å². The molecule has 0 bridgehead atoms. The van der Waals surface area contributed by atoms with Crippen molar-refractivity contribution in [2.75, 3.05) is 26.2 Å². The Morgan fingerprint density at radius 2 is 1.83 bits per heavy atom. The second-order valence-electron chi connectivity index (χ2n) is 9.07. The molecule has 6 nitrogen and oxygen atoms in total. The molecule has 30 heavy (non-hydrogen) atoms. The topological polar surface area (TPSA) is 58.4 Å². The van der Waals surface area contributed by atoms with Gasteiger partial charge in [0.1, 0.15) is 0 Å². The minimum atomic E-state index is -3.54. The van der Waals surface area contributed by atoms with Gasteiger partial charge in [-0.2, -0.15) is 9.40 Å². The van der Waals surface area contributed by atoms with Crippen LogP contribution >= 0.6 is 11.6 Å². The summed E-state index contributed by atoms with van der Waals surface area (Å²) in [6, 6.07) is 5.55. The van der Waals surface area contributed by atoms with Gasteiger partial charge in [-0.05, 0) is 80.8 Å². The summed E-state index contributed by atoms with van der Waals surface area (Å²) in [4.78, 5) is 2.86. The lowest BCUT2D eigenvalue weighted by Gasteiger charge is -2.48. The largest absolute Gasteiger partial charge is 0.297 e. The van der Waals surface area contributed by atoms with Gasteiger partial charge in [-0.15, -0.1) is 0 Å². The normalized spacial score (nSPS) is 23.9. The number of piperidine rings is 2. The van der Waals surface area contributed by atoms with Crippen LogP contribution in [0.2, 0.25) is 5.02 Å². The molecule has 0 saturated carbocycles. The van der Waals surface area contributed by atoms with Gasteiger partial charge in [0.25, 0.3) is 0 Å². The maximum absolute atomic E-state index is 13.5. The smallest absolute Gasteiger partial charge is 0.243 e. The highest BCUT2D eigenvalue weighted by Gasteiger charge is 2.43. The number of nitrogens with zero attached hydrogens (tertiary/aromatic N) is 4. The van der Waals surface area contributed by atoms with E-state index in [1.54, 1.807) is 16.4 Å². The Kier molecular flexibility index (Phi) is 6.01. The summed E-state index contributed by atoms with van der Waals surface area (Å²) in [5.74, 6) is 0. The molecule has 3 heterocycles. The lowest BCUT2D eigenvalue weighted by Crippen LogP contribution is -2.53. The van der Waals surface area contributed by atoms with Gasteiger partial charge in [0.05, 0.1) is 10.6 Å². The first-order valence-electron chi connectivity index (χ1n) is 10.7. The van der Waals surface area contributed by atoms with Crippen LogP contribution in [-0.2, 0) is 23.6 Å². The highest BCUT2D eigenvalue weighted by molar-refractivity contribution is 7.89. The molecule has 1 unspecified atom stereocenters. The summed E-state index contributed by atoms with van der Waals surface area (Å²) in [6.45, 7) is 7.72. The number of hydrogen-bond acceptors (Lipinski definition) is 4. The zero-order chi connectivity index (χ0) is 21.5.